The van der Waals surface area contributed by atoms with Crippen molar-refractivity contribution >= 4 is 5.82 Å². The summed E-state index contributed by atoms with van der Waals surface area (Å²) in [6, 6.07) is 4.98. The number of nitrogens with one attached hydrogen (secondary N) is 1. The lowest BCUT2D eigenvalue weighted by atomic mass is 10.1. The molecule has 3 nitrogen and oxygen atoms in total. The monoisotopic (exact) mass is 221 g/mol. The molecule has 1 rings (SSSR count). The summed E-state index contributed by atoms with van der Waals surface area (Å²) in [6.07, 6.45) is 2.99. The molecule has 0 amide bonds. The summed E-state index contributed by atoms with van der Waals surface area (Å²) in [6.45, 7) is 6.58. The highest BCUT2D eigenvalue weighted by Crippen LogP contribution is 2.24. The predicted octanol–water partition coefficient (Wildman–Crippen LogP) is 2.60. The Hall–Kier alpha value is -1.09. The van der Waals surface area contributed by atoms with E-state index in [2.05, 4.69) is 49.1 Å². The van der Waals surface area contributed by atoms with E-state index in [-0.39, 0.29) is 0 Å². The van der Waals surface area contributed by atoms with Crippen LogP contribution in [0.15, 0.2) is 18.3 Å². The third-order valence-corrected chi connectivity index (χ3v) is 3.30. The van der Waals surface area contributed by atoms with E-state index in [0.717, 1.165) is 12.2 Å². The van der Waals surface area contributed by atoms with Crippen LogP contribution in [0.3, 0.4) is 0 Å². The normalized spacial score (nSPS) is 14.6. The molecule has 2 unspecified atom stereocenters. The zero-order chi connectivity index (χ0) is 12.1. The number of rotatable bonds is 5. The number of hydrogen-bond donors (Lipinski definition) is 1. The summed E-state index contributed by atoms with van der Waals surface area (Å²) in [5.74, 6) is 1.08. The zero-order valence-electron chi connectivity index (χ0n) is 11.0. The Morgan fingerprint density at radius 2 is 2.12 bits per heavy atom. The summed E-state index contributed by atoms with van der Waals surface area (Å²) < 4.78 is 0. The van der Waals surface area contributed by atoms with E-state index in [1.165, 1.54) is 5.56 Å². The Morgan fingerprint density at radius 3 is 2.69 bits per heavy atom. The van der Waals surface area contributed by atoms with Gasteiger partial charge in [0.25, 0.3) is 0 Å². The average molecular weight is 221 g/mol. The van der Waals surface area contributed by atoms with Gasteiger partial charge in [0.1, 0.15) is 5.82 Å². The number of aromatic nitrogens is 1. The maximum Gasteiger partial charge on any atom is 0.133 e. The zero-order valence-corrected chi connectivity index (χ0v) is 11.0. The largest absolute Gasteiger partial charge is 0.357 e. The second-order valence-corrected chi connectivity index (χ2v) is 4.29. The van der Waals surface area contributed by atoms with Crippen LogP contribution in [0.25, 0.3) is 0 Å². The van der Waals surface area contributed by atoms with E-state index in [1.54, 1.807) is 0 Å². The first kappa shape index (κ1) is 13.0. The van der Waals surface area contributed by atoms with Crippen LogP contribution in [0.4, 0.5) is 5.82 Å². The van der Waals surface area contributed by atoms with Crippen LogP contribution in [-0.4, -0.2) is 25.1 Å². The van der Waals surface area contributed by atoms with Crippen molar-refractivity contribution in [3.05, 3.63) is 23.9 Å². The second kappa shape index (κ2) is 5.85. The van der Waals surface area contributed by atoms with E-state index in [1.807, 2.05) is 19.3 Å². The van der Waals surface area contributed by atoms with E-state index in [0.29, 0.717) is 12.1 Å². The molecular weight excluding hydrogens is 198 g/mol. The van der Waals surface area contributed by atoms with Gasteiger partial charge in [-0.1, -0.05) is 13.0 Å². The molecule has 90 valence electrons. The molecule has 0 aliphatic rings. The molecule has 0 aromatic carbocycles. The molecule has 0 radical (unpaired) electrons. The first-order valence-electron chi connectivity index (χ1n) is 5.96. The quantitative estimate of drug-likeness (QED) is 0.828. The molecule has 1 N–H and O–H groups in total. The fourth-order valence-corrected chi connectivity index (χ4v) is 1.68. The Balaban J connectivity index is 3.03. The van der Waals surface area contributed by atoms with Crippen LogP contribution in [0.2, 0.25) is 0 Å². The van der Waals surface area contributed by atoms with E-state index in [4.69, 9.17) is 0 Å². The fraction of sp³-hybridized carbons (Fsp3) is 0.615. The molecule has 1 heterocycles. The van der Waals surface area contributed by atoms with Gasteiger partial charge in [-0.25, -0.2) is 4.98 Å². The molecule has 1 aromatic rings. The fourth-order valence-electron chi connectivity index (χ4n) is 1.68. The lowest BCUT2D eigenvalue weighted by Gasteiger charge is -2.28. The van der Waals surface area contributed by atoms with E-state index >= 15 is 0 Å². The summed E-state index contributed by atoms with van der Waals surface area (Å²) in [4.78, 5) is 6.76. The van der Waals surface area contributed by atoms with E-state index < -0.39 is 0 Å². The second-order valence-electron chi connectivity index (χ2n) is 4.29. The lowest BCUT2D eigenvalue weighted by molar-refractivity contribution is 0.622. The van der Waals surface area contributed by atoms with Gasteiger partial charge in [-0.2, -0.15) is 0 Å². The van der Waals surface area contributed by atoms with Gasteiger partial charge in [-0.05, 0) is 33.4 Å². The molecule has 0 aliphatic heterocycles. The van der Waals surface area contributed by atoms with Gasteiger partial charge >= 0.3 is 0 Å². The van der Waals surface area contributed by atoms with Gasteiger partial charge in [0, 0.05) is 30.9 Å². The number of hydrogen-bond acceptors (Lipinski definition) is 3. The van der Waals surface area contributed by atoms with Crippen LogP contribution >= 0.6 is 0 Å². The SMILES string of the molecule is CCC(C)N(C)c1ncccc1C(C)NC. The van der Waals surface area contributed by atoms with Crippen molar-refractivity contribution in [2.75, 3.05) is 19.0 Å². The molecule has 0 saturated carbocycles. The average Bonchev–Trinajstić information content (AvgIpc) is 2.35. The molecule has 0 spiro atoms. The highest BCUT2D eigenvalue weighted by molar-refractivity contribution is 5.48. The van der Waals surface area contributed by atoms with Gasteiger partial charge in [0.05, 0.1) is 0 Å². The maximum atomic E-state index is 4.50. The van der Waals surface area contributed by atoms with Crippen molar-refractivity contribution in [3.63, 3.8) is 0 Å². The van der Waals surface area contributed by atoms with Crippen LogP contribution in [-0.2, 0) is 0 Å². The van der Waals surface area contributed by atoms with Gasteiger partial charge < -0.3 is 10.2 Å². The van der Waals surface area contributed by atoms with E-state index in [9.17, 15) is 0 Å². The maximum absolute atomic E-state index is 4.50. The Bertz CT molecular complexity index is 325. The van der Waals surface area contributed by atoms with Gasteiger partial charge in [-0.3, -0.25) is 0 Å². The minimum absolute atomic E-state index is 0.329. The van der Waals surface area contributed by atoms with Crippen molar-refractivity contribution in [3.8, 4) is 0 Å². The number of nitrogens with zero attached hydrogens (tertiary/aromatic N) is 2. The third-order valence-electron chi connectivity index (χ3n) is 3.30. The van der Waals surface area contributed by atoms with Crippen molar-refractivity contribution < 1.29 is 0 Å². The third kappa shape index (κ3) is 2.73. The van der Waals surface area contributed by atoms with Crippen molar-refractivity contribution in [1.82, 2.24) is 10.3 Å². The summed E-state index contributed by atoms with van der Waals surface area (Å²) in [7, 11) is 4.09. The standard InChI is InChI=1S/C13H23N3/c1-6-10(2)16(5)13-12(11(3)14-4)8-7-9-15-13/h7-11,14H,6H2,1-5H3. The molecule has 0 aliphatic carbocycles. The highest BCUT2D eigenvalue weighted by Gasteiger charge is 2.16. The summed E-state index contributed by atoms with van der Waals surface area (Å²) in [5.41, 5.74) is 1.26. The molecule has 16 heavy (non-hydrogen) atoms. The lowest BCUT2D eigenvalue weighted by Crippen LogP contribution is -2.30. The van der Waals surface area contributed by atoms with Gasteiger partial charge in [0.15, 0.2) is 0 Å². The van der Waals surface area contributed by atoms with Gasteiger partial charge in [0.2, 0.25) is 0 Å². The van der Waals surface area contributed by atoms with Crippen LogP contribution < -0.4 is 10.2 Å². The first-order valence-corrected chi connectivity index (χ1v) is 5.96. The van der Waals surface area contributed by atoms with Crippen molar-refractivity contribution in [1.29, 1.82) is 0 Å². The topological polar surface area (TPSA) is 28.2 Å². The highest BCUT2D eigenvalue weighted by atomic mass is 15.2. The Kier molecular flexibility index (Phi) is 4.74. The smallest absolute Gasteiger partial charge is 0.133 e. The minimum Gasteiger partial charge on any atom is -0.357 e. The molecule has 1 aromatic heterocycles. The molecule has 0 saturated heterocycles. The molecule has 0 bridgehead atoms. The number of pyridine rings is 1. The molecule has 0 fully saturated rings. The first-order chi connectivity index (χ1) is 7.61. The Labute approximate surface area is 98.9 Å². The number of anilines is 1. The molecular formula is C13H23N3. The minimum atomic E-state index is 0.329. The van der Waals surface area contributed by atoms with Crippen LogP contribution in [0.5, 0.6) is 0 Å². The molecule has 2 atom stereocenters. The Morgan fingerprint density at radius 1 is 1.44 bits per heavy atom. The van der Waals surface area contributed by atoms with Crippen LogP contribution in [0, 0.1) is 0 Å². The summed E-state index contributed by atoms with van der Waals surface area (Å²) in [5, 5.41) is 3.27. The van der Waals surface area contributed by atoms with Crippen LogP contribution in [0.1, 0.15) is 38.8 Å². The van der Waals surface area contributed by atoms with Gasteiger partial charge in [-0.15, -0.1) is 0 Å². The molecule has 3 heteroatoms. The van der Waals surface area contributed by atoms with Crippen molar-refractivity contribution in [2.45, 2.75) is 39.3 Å². The summed E-state index contributed by atoms with van der Waals surface area (Å²) >= 11 is 0. The van der Waals surface area contributed by atoms with Crippen molar-refractivity contribution in [2.24, 2.45) is 0 Å². The predicted molar refractivity (Wildman–Crippen MR) is 69.9 cm³/mol.